The second-order valence-corrected chi connectivity index (χ2v) is 3.91. The number of rotatable bonds is 6. The fraction of sp³-hybridized carbons (Fsp3) is 0.462. The minimum absolute atomic E-state index is 0.0473. The maximum atomic E-state index is 11.7. The summed E-state index contributed by atoms with van der Waals surface area (Å²) in [4.78, 5) is 13.1. The smallest absolute Gasteiger partial charge is 0.321 e. The summed E-state index contributed by atoms with van der Waals surface area (Å²) in [6, 6.07) is 7.27. The van der Waals surface area contributed by atoms with Crippen LogP contribution in [0.25, 0.3) is 0 Å². The monoisotopic (exact) mass is 252 g/mol. The average molecular weight is 252 g/mol. The Morgan fingerprint density at radius 1 is 1.50 bits per heavy atom. The molecule has 0 spiro atoms. The van der Waals surface area contributed by atoms with Crippen LogP contribution in [-0.2, 0) is 11.3 Å². The van der Waals surface area contributed by atoms with Crippen LogP contribution in [0.15, 0.2) is 24.3 Å². The summed E-state index contributed by atoms with van der Waals surface area (Å²) >= 11 is 0. The predicted molar refractivity (Wildman–Crippen MR) is 70.5 cm³/mol. The maximum absolute atomic E-state index is 11.7. The zero-order valence-corrected chi connectivity index (χ0v) is 10.8. The number of ether oxygens (including phenoxy) is 1. The molecule has 0 atom stereocenters. The minimum atomic E-state index is -0.238. The van der Waals surface area contributed by atoms with E-state index in [1.165, 1.54) is 4.90 Å². The Morgan fingerprint density at radius 2 is 2.28 bits per heavy atom. The number of aliphatic hydroxyl groups is 1. The number of aliphatic hydroxyl groups excluding tert-OH is 1. The molecule has 1 aromatic rings. The first-order chi connectivity index (χ1) is 8.67. The highest BCUT2D eigenvalue weighted by atomic mass is 16.5. The van der Waals surface area contributed by atoms with E-state index in [1.807, 2.05) is 31.2 Å². The molecule has 0 aliphatic rings. The number of amides is 2. The normalized spacial score (nSPS) is 10.2. The Balaban J connectivity index is 2.58. The van der Waals surface area contributed by atoms with E-state index in [0.29, 0.717) is 19.8 Å². The van der Waals surface area contributed by atoms with Crippen molar-refractivity contribution < 1.29 is 14.6 Å². The number of carbonyl (C=O) groups is 1. The van der Waals surface area contributed by atoms with Gasteiger partial charge in [0.1, 0.15) is 0 Å². The second-order valence-electron chi connectivity index (χ2n) is 3.91. The van der Waals surface area contributed by atoms with E-state index in [-0.39, 0.29) is 12.6 Å². The molecule has 100 valence electrons. The molecule has 0 aliphatic heterocycles. The van der Waals surface area contributed by atoms with E-state index in [1.54, 1.807) is 7.05 Å². The van der Waals surface area contributed by atoms with E-state index in [0.717, 1.165) is 11.3 Å². The van der Waals surface area contributed by atoms with E-state index in [2.05, 4.69) is 5.32 Å². The van der Waals surface area contributed by atoms with Gasteiger partial charge in [-0.3, -0.25) is 0 Å². The molecule has 18 heavy (non-hydrogen) atoms. The number of benzene rings is 1. The van der Waals surface area contributed by atoms with Gasteiger partial charge in [0.2, 0.25) is 0 Å². The van der Waals surface area contributed by atoms with Gasteiger partial charge in [0.05, 0.1) is 13.2 Å². The Bertz CT molecular complexity index is 382. The molecule has 2 amide bonds. The molecule has 0 unspecified atom stereocenters. The summed E-state index contributed by atoms with van der Waals surface area (Å²) in [5.41, 5.74) is 1.74. The highest BCUT2D eigenvalue weighted by Gasteiger charge is 2.07. The van der Waals surface area contributed by atoms with Crippen molar-refractivity contribution in [1.82, 2.24) is 4.90 Å². The predicted octanol–water partition coefficient (Wildman–Crippen LogP) is 1.68. The zero-order chi connectivity index (χ0) is 13.4. The zero-order valence-electron chi connectivity index (χ0n) is 10.8. The third-order valence-electron chi connectivity index (χ3n) is 2.43. The van der Waals surface area contributed by atoms with Crippen LogP contribution in [0.5, 0.6) is 0 Å². The van der Waals surface area contributed by atoms with E-state index < -0.39 is 0 Å². The third kappa shape index (κ3) is 4.73. The van der Waals surface area contributed by atoms with Crippen LogP contribution in [-0.4, -0.2) is 42.8 Å². The standard InChI is InChI=1S/C13H20N2O3/c1-3-18-10-11-5-4-6-12(9-11)14-13(17)15(2)7-8-16/h4-6,9,16H,3,7-8,10H2,1-2H3,(H,14,17). The Labute approximate surface area is 107 Å². The van der Waals surface area contributed by atoms with Gasteiger partial charge in [-0.1, -0.05) is 12.1 Å². The molecule has 0 heterocycles. The molecule has 2 N–H and O–H groups in total. The molecular weight excluding hydrogens is 232 g/mol. The molecule has 0 bridgehead atoms. The van der Waals surface area contributed by atoms with Gasteiger partial charge in [-0.25, -0.2) is 4.79 Å². The van der Waals surface area contributed by atoms with Gasteiger partial charge in [-0.05, 0) is 24.6 Å². The fourth-order valence-corrected chi connectivity index (χ4v) is 1.43. The molecule has 0 fully saturated rings. The van der Waals surface area contributed by atoms with Gasteiger partial charge in [0, 0.05) is 25.9 Å². The van der Waals surface area contributed by atoms with Crippen LogP contribution in [0.4, 0.5) is 10.5 Å². The fourth-order valence-electron chi connectivity index (χ4n) is 1.43. The van der Waals surface area contributed by atoms with Crippen molar-refractivity contribution in [2.45, 2.75) is 13.5 Å². The van der Waals surface area contributed by atoms with Crippen molar-refractivity contribution in [2.24, 2.45) is 0 Å². The third-order valence-corrected chi connectivity index (χ3v) is 2.43. The van der Waals surface area contributed by atoms with E-state index >= 15 is 0 Å². The Morgan fingerprint density at radius 3 is 2.94 bits per heavy atom. The van der Waals surface area contributed by atoms with Gasteiger partial charge in [-0.2, -0.15) is 0 Å². The first kappa shape index (κ1) is 14.5. The molecule has 0 aromatic heterocycles. The lowest BCUT2D eigenvalue weighted by molar-refractivity contribution is 0.134. The number of hydrogen-bond acceptors (Lipinski definition) is 3. The molecule has 0 saturated heterocycles. The van der Waals surface area contributed by atoms with Crippen LogP contribution >= 0.6 is 0 Å². The first-order valence-electron chi connectivity index (χ1n) is 5.97. The highest BCUT2D eigenvalue weighted by Crippen LogP contribution is 2.12. The average Bonchev–Trinajstić information content (AvgIpc) is 2.37. The first-order valence-corrected chi connectivity index (χ1v) is 5.97. The van der Waals surface area contributed by atoms with Gasteiger partial charge in [-0.15, -0.1) is 0 Å². The molecule has 0 radical (unpaired) electrons. The summed E-state index contributed by atoms with van der Waals surface area (Å²) in [5.74, 6) is 0. The number of urea groups is 1. The van der Waals surface area contributed by atoms with Gasteiger partial charge in [0.15, 0.2) is 0 Å². The number of nitrogens with zero attached hydrogens (tertiary/aromatic N) is 1. The summed E-state index contributed by atoms with van der Waals surface area (Å²) < 4.78 is 5.31. The van der Waals surface area contributed by atoms with E-state index in [9.17, 15) is 4.79 Å². The summed E-state index contributed by atoms with van der Waals surface area (Å²) in [6.07, 6.45) is 0. The Hall–Kier alpha value is -1.59. The van der Waals surface area contributed by atoms with Crippen LogP contribution in [0, 0.1) is 0 Å². The SMILES string of the molecule is CCOCc1cccc(NC(=O)N(C)CCO)c1. The summed E-state index contributed by atoms with van der Waals surface area (Å²) in [5, 5.41) is 11.5. The molecule has 1 aromatic carbocycles. The summed E-state index contributed by atoms with van der Waals surface area (Å²) in [6.45, 7) is 3.40. The maximum Gasteiger partial charge on any atom is 0.321 e. The van der Waals surface area contributed by atoms with Gasteiger partial charge in [0.25, 0.3) is 0 Å². The van der Waals surface area contributed by atoms with Crippen molar-refractivity contribution in [3.05, 3.63) is 29.8 Å². The van der Waals surface area contributed by atoms with E-state index in [4.69, 9.17) is 9.84 Å². The molecular formula is C13H20N2O3. The topological polar surface area (TPSA) is 61.8 Å². The Kier molecular flexibility index (Phi) is 6.18. The molecule has 0 saturated carbocycles. The van der Waals surface area contributed by atoms with Crippen molar-refractivity contribution in [3.8, 4) is 0 Å². The molecule has 5 heteroatoms. The van der Waals surface area contributed by atoms with Crippen LogP contribution in [0.2, 0.25) is 0 Å². The number of anilines is 1. The number of hydrogen-bond donors (Lipinski definition) is 2. The molecule has 5 nitrogen and oxygen atoms in total. The van der Waals surface area contributed by atoms with Gasteiger partial charge >= 0.3 is 6.03 Å². The van der Waals surface area contributed by atoms with Crippen molar-refractivity contribution in [3.63, 3.8) is 0 Å². The lowest BCUT2D eigenvalue weighted by atomic mass is 10.2. The second kappa shape index (κ2) is 7.68. The molecule has 0 aliphatic carbocycles. The minimum Gasteiger partial charge on any atom is -0.395 e. The number of likely N-dealkylation sites (N-methyl/N-ethyl adjacent to an activating group) is 1. The number of nitrogens with one attached hydrogen (secondary N) is 1. The largest absolute Gasteiger partial charge is 0.395 e. The highest BCUT2D eigenvalue weighted by molar-refractivity contribution is 5.89. The summed E-state index contributed by atoms with van der Waals surface area (Å²) in [7, 11) is 1.63. The molecule has 1 rings (SSSR count). The lowest BCUT2D eigenvalue weighted by Gasteiger charge is -2.16. The van der Waals surface area contributed by atoms with Crippen molar-refractivity contribution in [1.29, 1.82) is 0 Å². The van der Waals surface area contributed by atoms with Crippen LogP contribution in [0.1, 0.15) is 12.5 Å². The lowest BCUT2D eigenvalue weighted by Crippen LogP contribution is -2.33. The quantitative estimate of drug-likeness (QED) is 0.809. The van der Waals surface area contributed by atoms with Gasteiger partial charge < -0.3 is 20.1 Å². The van der Waals surface area contributed by atoms with Crippen LogP contribution in [0.3, 0.4) is 0 Å². The van der Waals surface area contributed by atoms with Crippen molar-refractivity contribution >= 4 is 11.7 Å². The number of carbonyl (C=O) groups excluding carboxylic acids is 1. The van der Waals surface area contributed by atoms with Crippen LogP contribution < -0.4 is 5.32 Å². The van der Waals surface area contributed by atoms with Crippen molar-refractivity contribution in [2.75, 3.05) is 32.1 Å².